The lowest BCUT2D eigenvalue weighted by Gasteiger charge is -2.06. The van der Waals surface area contributed by atoms with Gasteiger partial charge in [0, 0.05) is 23.4 Å². The number of H-pyrrole nitrogens is 1. The maximum absolute atomic E-state index is 11.2. The molecule has 2 nitrogen and oxygen atoms in total. The maximum atomic E-state index is 11.2. The fourth-order valence-corrected chi connectivity index (χ4v) is 1.99. The molecule has 0 radical (unpaired) electrons. The van der Waals surface area contributed by atoms with Gasteiger partial charge in [-0.25, -0.2) is 0 Å². The zero-order valence-corrected chi connectivity index (χ0v) is 10.2. The number of halogens is 3. The standard InChI is InChI=1S/C11H6Cl3NO/c12-8-3-1-2-6(11(8)14)7-4-10(16)15-5-9(7)13/h1-5H,(H,15,16). The lowest BCUT2D eigenvalue weighted by molar-refractivity contribution is 1.24. The van der Waals surface area contributed by atoms with Crippen LogP contribution in [0.2, 0.25) is 15.1 Å². The van der Waals surface area contributed by atoms with Crippen molar-refractivity contribution in [3.63, 3.8) is 0 Å². The van der Waals surface area contributed by atoms with Crippen molar-refractivity contribution in [3.05, 3.63) is 55.9 Å². The van der Waals surface area contributed by atoms with Gasteiger partial charge in [-0.3, -0.25) is 4.79 Å². The Balaban J connectivity index is 2.72. The molecule has 2 aromatic rings. The van der Waals surface area contributed by atoms with Crippen LogP contribution in [-0.2, 0) is 0 Å². The first kappa shape index (κ1) is 11.5. The number of rotatable bonds is 1. The van der Waals surface area contributed by atoms with Gasteiger partial charge in [-0.15, -0.1) is 0 Å². The summed E-state index contributed by atoms with van der Waals surface area (Å²) in [7, 11) is 0. The molecular formula is C11H6Cl3NO. The number of hydrogen-bond donors (Lipinski definition) is 1. The number of hydrogen-bond acceptors (Lipinski definition) is 1. The predicted octanol–water partition coefficient (Wildman–Crippen LogP) is 4.00. The van der Waals surface area contributed by atoms with Crippen molar-refractivity contribution in [2.45, 2.75) is 0 Å². The molecule has 0 atom stereocenters. The van der Waals surface area contributed by atoms with E-state index in [1.807, 2.05) is 0 Å². The molecule has 1 aromatic carbocycles. The van der Waals surface area contributed by atoms with E-state index in [1.165, 1.54) is 12.3 Å². The molecule has 1 aromatic heterocycles. The van der Waals surface area contributed by atoms with Crippen molar-refractivity contribution < 1.29 is 0 Å². The summed E-state index contributed by atoms with van der Waals surface area (Å²) in [5, 5.41) is 1.23. The summed E-state index contributed by atoms with van der Waals surface area (Å²) in [5.74, 6) is 0. The van der Waals surface area contributed by atoms with E-state index in [0.29, 0.717) is 26.2 Å². The fourth-order valence-electron chi connectivity index (χ4n) is 1.37. The van der Waals surface area contributed by atoms with Gasteiger partial charge in [0.2, 0.25) is 5.56 Å². The third-order valence-electron chi connectivity index (χ3n) is 2.12. The number of pyridine rings is 1. The first-order valence-corrected chi connectivity index (χ1v) is 5.55. The molecule has 0 aliphatic rings. The van der Waals surface area contributed by atoms with E-state index in [1.54, 1.807) is 18.2 Å². The Morgan fingerprint density at radius 2 is 1.75 bits per heavy atom. The van der Waals surface area contributed by atoms with E-state index in [9.17, 15) is 4.79 Å². The highest BCUT2D eigenvalue weighted by Gasteiger charge is 2.10. The van der Waals surface area contributed by atoms with Gasteiger partial charge >= 0.3 is 0 Å². The van der Waals surface area contributed by atoms with Crippen LogP contribution in [0.1, 0.15) is 0 Å². The van der Waals surface area contributed by atoms with Crippen LogP contribution in [0.5, 0.6) is 0 Å². The molecule has 0 aliphatic carbocycles. The monoisotopic (exact) mass is 273 g/mol. The Morgan fingerprint density at radius 1 is 1.00 bits per heavy atom. The summed E-state index contributed by atoms with van der Waals surface area (Å²) in [6.45, 7) is 0. The van der Waals surface area contributed by atoms with Crippen LogP contribution in [0.25, 0.3) is 11.1 Å². The second kappa shape index (κ2) is 4.50. The average molecular weight is 275 g/mol. The quantitative estimate of drug-likeness (QED) is 0.837. The molecule has 16 heavy (non-hydrogen) atoms. The van der Waals surface area contributed by atoms with Crippen LogP contribution in [0.3, 0.4) is 0 Å². The van der Waals surface area contributed by atoms with Gasteiger partial charge in [0.1, 0.15) is 0 Å². The van der Waals surface area contributed by atoms with Crippen LogP contribution >= 0.6 is 34.8 Å². The second-order valence-corrected chi connectivity index (χ2v) is 4.35. The first-order valence-electron chi connectivity index (χ1n) is 4.42. The van der Waals surface area contributed by atoms with E-state index in [4.69, 9.17) is 34.8 Å². The predicted molar refractivity (Wildman–Crippen MR) is 67.5 cm³/mol. The molecule has 0 fully saturated rings. The topological polar surface area (TPSA) is 32.9 Å². The summed E-state index contributed by atoms with van der Waals surface area (Å²) in [6, 6.07) is 6.57. The molecule has 0 amide bonds. The molecule has 82 valence electrons. The molecule has 0 unspecified atom stereocenters. The minimum Gasteiger partial charge on any atom is -0.328 e. The molecule has 0 spiro atoms. The molecule has 0 aliphatic heterocycles. The van der Waals surface area contributed by atoms with Gasteiger partial charge in [-0.1, -0.05) is 46.9 Å². The van der Waals surface area contributed by atoms with Crippen LogP contribution in [0, 0.1) is 0 Å². The van der Waals surface area contributed by atoms with E-state index in [0.717, 1.165) is 0 Å². The number of aromatic nitrogens is 1. The molecular weight excluding hydrogens is 268 g/mol. The van der Waals surface area contributed by atoms with E-state index in [2.05, 4.69) is 4.98 Å². The smallest absolute Gasteiger partial charge is 0.248 e. The SMILES string of the molecule is O=c1cc(-c2cccc(Cl)c2Cl)c(Cl)c[nH]1. The lowest BCUT2D eigenvalue weighted by atomic mass is 10.1. The number of nitrogens with one attached hydrogen (secondary N) is 1. The summed E-state index contributed by atoms with van der Waals surface area (Å²) in [4.78, 5) is 13.7. The van der Waals surface area contributed by atoms with Crippen molar-refractivity contribution in [1.29, 1.82) is 0 Å². The van der Waals surface area contributed by atoms with E-state index in [-0.39, 0.29) is 5.56 Å². The molecule has 0 saturated carbocycles. The Morgan fingerprint density at radius 3 is 2.50 bits per heavy atom. The highest BCUT2D eigenvalue weighted by atomic mass is 35.5. The Labute approximate surface area is 107 Å². The average Bonchev–Trinajstić information content (AvgIpc) is 2.26. The maximum Gasteiger partial charge on any atom is 0.248 e. The number of benzene rings is 1. The van der Waals surface area contributed by atoms with Gasteiger partial charge in [0.15, 0.2) is 0 Å². The van der Waals surface area contributed by atoms with Crippen molar-refractivity contribution in [3.8, 4) is 11.1 Å². The molecule has 1 N–H and O–H groups in total. The molecule has 1 heterocycles. The van der Waals surface area contributed by atoms with E-state index < -0.39 is 0 Å². The second-order valence-electron chi connectivity index (χ2n) is 3.16. The van der Waals surface area contributed by atoms with Crippen molar-refractivity contribution in [1.82, 2.24) is 4.98 Å². The zero-order valence-electron chi connectivity index (χ0n) is 7.93. The fraction of sp³-hybridized carbons (Fsp3) is 0. The zero-order chi connectivity index (χ0) is 11.7. The van der Waals surface area contributed by atoms with Gasteiger partial charge in [-0.05, 0) is 6.07 Å². The highest BCUT2D eigenvalue weighted by molar-refractivity contribution is 6.44. The highest BCUT2D eigenvalue weighted by Crippen LogP contribution is 2.35. The van der Waals surface area contributed by atoms with Crippen LogP contribution in [-0.4, -0.2) is 4.98 Å². The Bertz CT molecular complexity index is 592. The lowest BCUT2D eigenvalue weighted by Crippen LogP contribution is -2.03. The summed E-state index contributed by atoms with van der Waals surface area (Å²) >= 11 is 17.9. The van der Waals surface area contributed by atoms with Crippen LogP contribution in [0.4, 0.5) is 0 Å². The third-order valence-corrected chi connectivity index (χ3v) is 3.25. The van der Waals surface area contributed by atoms with Gasteiger partial charge in [0.25, 0.3) is 0 Å². The molecule has 5 heteroatoms. The summed E-state index contributed by atoms with van der Waals surface area (Å²) < 4.78 is 0. The third kappa shape index (κ3) is 2.09. The molecule has 2 rings (SSSR count). The molecule has 0 saturated heterocycles. The molecule has 0 bridgehead atoms. The minimum atomic E-state index is -0.240. The van der Waals surface area contributed by atoms with Crippen LogP contribution < -0.4 is 5.56 Å². The van der Waals surface area contributed by atoms with Gasteiger partial charge in [-0.2, -0.15) is 0 Å². The van der Waals surface area contributed by atoms with Gasteiger partial charge < -0.3 is 4.98 Å². The first-order chi connectivity index (χ1) is 7.59. The largest absolute Gasteiger partial charge is 0.328 e. The normalized spacial score (nSPS) is 10.4. The number of aromatic amines is 1. The Kier molecular flexibility index (Phi) is 3.24. The minimum absolute atomic E-state index is 0.240. The van der Waals surface area contributed by atoms with Crippen molar-refractivity contribution in [2.24, 2.45) is 0 Å². The van der Waals surface area contributed by atoms with Crippen molar-refractivity contribution in [2.75, 3.05) is 0 Å². The van der Waals surface area contributed by atoms with Crippen molar-refractivity contribution >= 4 is 34.8 Å². The Hall–Kier alpha value is -0.960. The van der Waals surface area contributed by atoms with Crippen LogP contribution in [0.15, 0.2) is 35.3 Å². The van der Waals surface area contributed by atoms with E-state index >= 15 is 0 Å². The summed E-state index contributed by atoms with van der Waals surface area (Å²) in [5.41, 5.74) is 0.971. The van der Waals surface area contributed by atoms with Gasteiger partial charge in [0.05, 0.1) is 15.1 Å². The summed E-state index contributed by atoms with van der Waals surface area (Å²) in [6.07, 6.45) is 1.43.